The van der Waals surface area contributed by atoms with E-state index in [0.717, 1.165) is 11.3 Å². The Balaban J connectivity index is 1.95. The van der Waals surface area contributed by atoms with Crippen molar-refractivity contribution in [3.8, 4) is 0 Å². The Bertz CT molecular complexity index is 674. The number of halogens is 1. The number of carbonyl (C=O) groups excluding carboxylic acids is 1. The lowest BCUT2D eigenvalue weighted by atomic mass is 10.1. The number of hydrogen-bond acceptors (Lipinski definition) is 5. The highest BCUT2D eigenvalue weighted by atomic mass is 32.1. The Kier molecular flexibility index (Phi) is 4.61. The molecule has 21 heavy (non-hydrogen) atoms. The minimum atomic E-state index is -1.06. The van der Waals surface area contributed by atoms with Crippen molar-refractivity contribution in [1.29, 1.82) is 0 Å². The molecule has 110 valence electrons. The Morgan fingerprint density at radius 2 is 2.19 bits per heavy atom. The van der Waals surface area contributed by atoms with E-state index in [1.54, 1.807) is 0 Å². The number of carbonyl (C=O) groups is 1. The van der Waals surface area contributed by atoms with Crippen molar-refractivity contribution in [1.82, 2.24) is 5.32 Å². The second-order valence-corrected chi connectivity index (χ2v) is 5.24. The number of aliphatic hydroxyl groups is 1. The maximum Gasteiger partial charge on any atom is 0.324 e. The minimum absolute atomic E-state index is 0.117. The monoisotopic (exact) mass is 310 g/mol. The van der Waals surface area contributed by atoms with E-state index < -0.39 is 22.8 Å². The lowest BCUT2D eigenvalue weighted by Crippen LogP contribution is -2.27. The van der Waals surface area contributed by atoms with Gasteiger partial charge in [0.15, 0.2) is 0 Å². The van der Waals surface area contributed by atoms with Crippen LogP contribution in [0.4, 0.5) is 9.39 Å². The first-order chi connectivity index (χ1) is 9.97. The van der Waals surface area contributed by atoms with Crippen LogP contribution in [0.5, 0.6) is 0 Å². The molecule has 0 saturated heterocycles. The molecule has 0 aliphatic rings. The van der Waals surface area contributed by atoms with E-state index in [2.05, 4.69) is 5.32 Å². The Labute approximate surface area is 123 Å². The average Bonchev–Trinajstić information content (AvgIpc) is 2.94. The summed E-state index contributed by atoms with van der Waals surface area (Å²) in [5.41, 5.74) is 0.340. The van der Waals surface area contributed by atoms with Gasteiger partial charge in [0.05, 0.1) is 15.9 Å². The molecule has 0 aliphatic heterocycles. The number of aliphatic hydroxyl groups excluding tert-OH is 1. The Morgan fingerprint density at radius 3 is 2.81 bits per heavy atom. The van der Waals surface area contributed by atoms with Crippen molar-refractivity contribution in [2.75, 3.05) is 6.54 Å². The molecule has 0 saturated carbocycles. The fraction of sp³-hybridized carbons (Fsp3) is 0.154. The zero-order valence-corrected chi connectivity index (χ0v) is 11.5. The van der Waals surface area contributed by atoms with Gasteiger partial charge in [-0.15, -0.1) is 0 Å². The highest BCUT2D eigenvalue weighted by Crippen LogP contribution is 2.23. The number of amides is 1. The molecule has 6 nitrogen and oxygen atoms in total. The smallest absolute Gasteiger partial charge is 0.324 e. The molecular formula is C13H11FN2O4S. The van der Waals surface area contributed by atoms with Gasteiger partial charge in [0.1, 0.15) is 5.82 Å². The second kappa shape index (κ2) is 6.42. The number of nitro groups is 1. The number of benzene rings is 1. The number of thiophene rings is 1. The molecule has 2 rings (SSSR count). The summed E-state index contributed by atoms with van der Waals surface area (Å²) in [5, 5.41) is 22.7. The zero-order chi connectivity index (χ0) is 15.4. The van der Waals surface area contributed by atoms with Crippen LogP contribution < -0.4 is 5.32 Å². The molecule has 0 aliphatic carbocycles. The molecule has 1 aromatic heterocycles. The van der Waals surface area contributed by atoms with Crippen molar-refractivity contribution in [3.63, 3.8) is 0 Å². The first kappa shape index (κ1) is 15.1. The molecule has 1 unspecified atom stereocenters. The molecular weight excluding hydrogens is 299 g/mol. The first-order valence-electron chi connectivity index (χ1n) is 5.93. The van der Waals surface area contributed by atoms with E-state index in [-0.39, 0.29) is 16.4 Å². The Morgan fingerprint density at radius 1 is 1.43 bits per heavy atom. The van der Waals surface area contributed by atoms with Gasteiger partial charge in [-0.1, -0.05) is 23.5 Å². The van der Waals surface area contributed by atoms with Crippen LogP contribution in [-0.2, 0) is 0 Å². The fourth-order valence-electron chi connectivity index (χ4n) is 1.66. The summed E-state index contributed by atoms with van der Waals surface area (Å²) < 4.78 is 13.0. The number of nitrogens with one attached hydrogen (secondary N) is 1. The van der Waals surface area contributed by atoms with Gasteiger partial charge in [-0.3, -0.25) is 14.9 Å². The van der Waals surface area contributed by atoms with Crippen LogP contribution in [0.25, 0.3) is 0 Å². The number of nitrogens with zero attached hydrogens (tertiary/aromatic N) is 1. The average molecular weight is 310 g/mol. The standard InChI is InChI=1S/C13H11FN2O4S/c14-9-3-1-2-8(6-9)10(17)7-15-13(18)11-4-5-12(21-11)16(19)20/h1-6,10,17H,7H2,(H,15,18). The lowest BCUT2D eigenvalue weighted by molar-refractivity contribution is -0.380. The van der Waals surface area contributed by atoms with E-state index in [1.165, 1.54) is 36.4 Å². The van der Waals surface area contributed by atoms with Gasteiger partial charge in [-0.2, -0.15) is 0 Å². The number of rotatable bonds is 5. The highest BCUT2D eigenvalue weighted by molar-refractivity contribution is 7.17. The van der Waals surface area contributed by atoms with Gasteiger partial charge in [-0.25, -0.2) is 4.39 Å². The molecule has 2 aromatic rings. The van der Waals surface area contributed by atoms with Gasteiger partial charge in [0.25, 0.3) is 5.91 Å². The molecule has 1 heterocycles. The SMILES string of the molecule is O=C(NCC(O)c1cccc(F)c1)c1ccc([N+](=O)[O-])s1. The van der Waals surface area contributed by atoms with Crippen molar-refractivity contribution in [3.05, 3.63) is 62.8 Å². The summed E-state index contributed by atoms with van der Waals surface area (Å²) in [6.45, 7) is -0.117. The normalized spacial score (nSPS) is 11.9. The van der Waals surface area contributed by atoms with Crippen molar-refractivity contribution >= 4 is 22.2 Å². The van der Waals surface area contributed by atoms with Gasteiger partial charge in [0, 0.05) is 12.6 Å². The van der Waals surface area contributed by atoms with Gasteiger partial charge >= 0.3 is 5.00 Å². The third-order valence-electron chi connectivity index (χ3n) is 2.68. The molecule has 8 heteroatoms. The summed E-state index contributed by atoms with van der Waals surface area (Å²) in [5.74, 6) is -1.00. The maximum absolute atomic E-state index is 13.0. The van der Waals surface area contributed by atoms with Gasteiger partial charge in [0.2, 0.25) is 0 Å². The minimum Gasteiger partial charge on any atom is -0.387 e. The summed E-state index contributed by atoms with van der Waals surface area (Å²) >= 11 is 0.746. The molecule has 0 fully saturated rings. The van der Waals surface area contributed by atoms with Gasteiger partial charge in [-0.05, 0) is 23.8 Å². The highest BCUT2D eigenvalue weighted by Gasteiger charge is 2.16. The van der Waals surface area contributed by atoms with E-state index in [9.17, 15) is 24.4 Å². The molecule has 0 bridgehead atoms. The van der Waals surface area contributed by atoms with Crippen LogP contribution in [0.3, 0.4) is 0 Å². The molecule has 0 radical (unpaired) electrons. The lowest BCUT2D eigenvalue weighted by Gasteiger charge is -2.11. The second-order valence-electron chi connectivity index (χ2n) is 4.18. The zero-order valence-electron chi connectivity index (χ0n) is 10.7. The third-order valence-corrected chi connectivity index (χ3v) is 3.72. The largest absolute Gasteiger partial charge is 0.387 e. The van der Waals surface area contributed by atoms with Gasteiger partial charge < -0.3 is 10.4 Å². The van der Waals surface area contributed by atoms with Crippen LogP contribution >= 0.6 is 11.3 Å². The molecule has 2 N–H and O–H groups in total. The predicted octanol–water partition coefficient (Wildman–Crippen LogP) is 2.26. The third kappa shape index (κ3) is 3.83. The molecule has 1 atom stereocenters. The quantitative estimate of drug-likeness (QED) is 0.654. The van der Waals surface area contributed by atoms with Crippen LogP contribution in [0.15, 0.2) is 36.4 Å². The molecule has 1 amide bonds. The van der Waals surface area contributed by atoms with Crippen LogP contribution in [0.1, 0.15) is 21.3 Å². The molecule has 1 aromatic carbocycles. The fourth-order valence-corrected chi connectivity index (χ4v) is 2.39. The summed E-state index contributed by atoms with van der Waals surface area (Å²) in [4.78, 5) is 21.9. The van der Waals surface area contributed by atoms with Crippen LogP contribution in [-0.4, -0.2) is 22.5 Å². The van der Waals surface area contributed by atoms with E-state index in [4.69, 9.17) is 0 Å². The van der Waals surface area contributed by atoms with E-state index >= 15 is 0 Å². The van der Waals surface area contributed by atoms with Crippen LogP contribution in [0, 0.1) is 15.9 Å². The summed E-state index contributed by atoms with van der Waals surface area (Å²) in [6, 6.07) is 8.00. The summed E-state index contributed by atoms with van der Waals surface area (Å²) in [6.07, 6.45) is -1.06. The Hall–Kier alpha value is -2.32. The van der Waals surface area contributed by atoms with Crippen molar-refractivity contribution in [2.24, 2.45) is 0 Å². The van der Waals surface area contributed by atoms with Crippen molar-refractivity contribution in [2.45, 2.75) is 6.10 Å². The topological polar surface area (TPSA) is 92.5 Å². The summed E-state index contributed by atoms with van der Waals surface area (Å²) in [7, 11) is 0. The van der Waals surface area contributed by atoms with Crippen LogP contribution in [0.2, 0.25) is 0 Å². The number of hydrogen-bond donors (Lipinski definition) is 2. The maximum atomic E-state index is 13.0. The van der Waals surface area contributed by atoms with Crippen molar-refractivity contribution < 1.29 is 19.2 Å². The van der Waals surface area contributed by atoms with E-state index in [0.29, 0.717) is 5.56 Å². The van der Waals surface area contributed by atoms with E-state index in [1.807, 2.05) is 0 Å². The molecule has 0 spiro atoms. The first-order valence-corrected chi connectivity index (χ1v) is 6.75. The predicted molar refractivity (Wildman–Crippen MR) is 74.7 cm³/mol.